The Labute approximate surface area is 160 Å². The Hall–Kier alpha value is -2.27. The molecule has 0 radical (unpaired) electrons. The molecular formula is C22H26FN3O. The number of halogens is 1. The van der Waals surface area contributed by atoms with Gasteiger partial charge in [0, 0.05) is 43.0 Å². The SMILES string of the molecule is Cc1cc(CC(=O)N2C[C@@H]3CN(C)[C@@H](c4cccc(F)c4)[C@@H]3C2)cc(C)n1. The molecule has 2 aliphatic rings. The van der Waals surface area contributed by atoms with Gasteiger partial charge in [-0.25, -0.2) is 4.39 Å². The largest absolute Gasteiger partial charge is 0.342 e. The average molecular weight is 367 g/mol. The summed E-state index contributed by atoms with van der Waals surface area (Å²) >= 11 is 0. The molecule has 5 heteroatoms. The molecule has 142 valence electrons. The van der Waals surface area contributed by atoms with E-state index < -0.39 is 0 Å². The first kappa shape index (κ1) is 18.1. The molecule has 1 amide bonds. The van der Waals surface area contributed by atoms with Crippen molar-refractivity contribution >= 4 is 5.91 Å². The predicted octanol–water partition coefficient (Wildman–Crippen LogP) is 3.14. The van der Waals surface area contributed by atoms with Gasteiger partial charge in [-0.15, -0.1) is 0 Å². The molecule has 3 atom stereocenters. The van der Waals surface area contributed by atoms with E-state index in [1.807, 2.05) is 36.9 Å². The van der Waals surface area contributed by atoms with Crippen molar-refractivity contribution < 1.29 is 9.18 Å². The fourth-order valence-corrected chi connectivity index (χ4v) is 4.96. The van der Waals surface area contributed by atoms with Crippen molar-refractivity contribution in [2.24, 2.45) is 11.8 Å². The van der Waals surface area contributed by atoms with Gasteiger partial charge in [-0.05, 0) is 62.2 Å². The lowest BCUT2D eigenvalue weighted by Gasteiger charge is -2.27. The van der Waals surface area contributed by atoms with E-state index >= 15 is 0 Å². The number of hydrogen-bond donors (Lipinski definition) is 0. The highest BCUT2D eigenvalue weighted by atomic mass is 19.1. The zero-order chi connectivity index (χ0) is 19.1. The lowest BCUT2D eigenvalue weighted by molar-refractivity contribution is -0.129. The van der Waals surface area contributed by atoms with E-state index in [2.05, 4.69) is 16.9 Å². The van der Waals surface area contributed by atoms with Crippen molar-refractivity contribution in [3.8, 4) is 0 Å². The molecule has 0 unspecified atom stereocenters. The highest BCUT2D eigenvalue weighted by Gasteiger charge is 2.47. The van der Waals surface area contributed by atoms with Crippen molar-refractivity contribution in [2.75, 3.05) is 26.7 Å². The fraction of sp³-hybridized carbons (Fsp3) is 0.455. The van der Waals surface area contributed by atoms with Crippen LogP contribution in [0.25, 0.3) is 0 Å². The van der Waals surface area contributed by atoms with Gasteiger partial charge in [0.05, 0.1) is 6.42 Å². The first-order valence-electron chi connectivity index (χ1n) is 9.58. The third-order valence-electron chi connectivity index (χ3n) is 5.93. The van der Waals surface area contributed by atoms with E-state index in [4.69, 9.17) is 0 Å². The van der Waals surface area contributed by atoms with Crippen LogP contribution in [0.5, 0.6) is 0 Å². The number of aryl methyl sites for hydroxylation is 2. The van der Waals surface area contributed by atoms with E-state index in [0.29, 0.717) is 18.3 Å². The lowest BCUT2D eigenvalue weighted by atomic mass is 9.89. The molecule has 2 aliphatic heterocycles. The van der Waals surface area contributed by atoms with Crippen LogP contribution in [-0.2, 0) is 11.2 Å². The summed E-state index contributed by atoms with van der Waals surface area (Å²) in [6, 6.07) is 11.1. The minimum Gasteiger partial charge on any atom is -0.342 e. The Morgan fingerprint density at radius 2 is 1.89 bits per heavy atom. The van der Waals surface area contributed by atoms with Gasteiger partial charge < -0.3 is 4.90 Å². The summed E-state index contributed by atoms with van der Waals surface area (Å²) in [5.74, 6) is 0.795. The molecule has 2 fully saturated rings. The van der Waals surface area contributed by atoms with Crippen molar-refractivity contribution in [1.82, 2.24) is 14.8 Å². The van der Waals surface area contributed by atoms with Gasteiger partial charge in [0.25, 0.3) is 0 Å². The van der Waals surface area contributed by atoms with Crippen molar-refractivity contribution in [1.29, 1.82) is 0 Å². The maximum Gasteiger partial charge on any atom is 0.227 e. The first-order valence-corrected chi connectivity index (χ1v) is 9.58. The molecular weight excluding hydrogens is 341 g/mol. The molecule has 0 spiro atoms. The second-order valence-corrected chi connectivity index (χ2v) is 8.10. The van der Waals surface area contributed by atoms with Crippen LogP contribution >= 0.6 is 0 Å². The first-order chi connectivity index (χ1) is 12.9. The smallest absolute Gasteiger partial charge is 0.227 e. The summed E-state index contributed by atoms with van der Waals surface area (Å²) < 4.78 is 13.7. The number of nitrogens with zero attached hydrogens (tertiary/aromatic N) is 3. The van der Waals surface area contributed by atoms with E-state index in [9.17, 15) is 9.18 Å². The standard InChI is InChI=1S/C22H26FN3O/c1-14-7-16(8-15(2)24-14)9-21(27)26-12-18-11-25(3)22(20(18)13-26)17-5-4-6-19(23)10-17/h4-8,10,18,20,22H,9,11-13H2,1-3H3/t18-,20+,22-/m0/s1. The quantitative estimate of drug-likeness (QED) is 0.836. The molecule has 3 heterocycles. The number of benzene rings is 1. The van der Waals surface area contributed by atoms with E-state index in [0.717, 1.165) is 42.1 Å². The fourth-order valence-electron chi connectivity index (χ4n) is 4.96. The van der Waals surface area contributed by atoms with Crippen LogP contribution in [0, 0.1) is 31.5 Å². The molecule has 27 heavy (non-hydrogen) atoms. The normalized spacial score (nSPS) is 25.0. The van der Waals surface area contributed by atoms with Gasteiger partial charge in [0.15, 0.2) is 0 Å². The summed E-state index contributed by atoms with van der Waals surface area (Å²) in [6.07, 6.45) is 0.421. The van der Waals surface area contributed by atoms with Crippen LogP contribution in [0.15, 0.2) is 36.4 Å². The molecule has 0 saturated carbocycles. The number of rotatable bonds is 3. The van der Waals surface area contributed by atoms with Gasteiger partial charge in [-0.2, -0.15) is 0 Å². The third-order valence-corrected chi connectivity index (χ3v) is 5.93. The van der Waals surface area contributed by atoms with Crippen LogP contribution in [0.4, 0.5) is 4.39 Å². The van der Waals surface area contributed by atoms with Crippen LogP contribution < -0.4 is 0 Å². The summed E-state index contributed by atoms with van der Waals surface area (Å²) in [5.41, 5.74) is 3.94. The number of carbonyl (C=O) groups is 1. The molecule has 1 aromatic heterocycles. The number of pyridine rings is 1. The minimum atomic E-state index is -0.196. The van der Waals surface area contributed by atoms with Gasteiger partial charge in [0.1, 0.15) is 5.82 Å². The molecule has 0 aliphatic carbocycles. The number of amides is 1. The summed E-state index contributed by atoms with van der Waals surface area (Å²) in [5, 5.41) is 0. The van der Waals surface area contributed by atoms with Crippen molar-refractivity contribution in [3.63, 3.8) is 0 Å². The van der Waals surface area contributed by atoms with E-state index in [1.165, 1.54) is 6.07 Å². The van der Waals surface area contributed by atoms with Crippen LogP contribution in [0.1, 0.15) is 28.6 Å². The predicted molar refractivity (Wildman–Crippen MR) is 103 cm³/mol. The summed E-state index contributed by atoms with van der Waals surface area (Å²) in [6.45, 7) is 6.41. The van der Waals surface area contributed by atoms with E-state index in [-0.39, 0.29) is 17.8 Å². The molecule has 1 aromatic carbocycles. The highest BCUT2D eigenvalue weighted by molar-refractivity contribution is 5.79. The maximum absolute atomic E-state index is 13.7. The number of hydrogen-bond acceptors (Lipinski definition) is 3. The number of likely N-dealkylation sites (tertiary alicyclic amines) is 2. The molecule has 2 saturated heterocycles. The Kier molecular flexibility index (Phi) is 4.72. The lowest BCUT2D eigenvalue weighted by Crippen LogP contribution is -2.34. The summed E-state index contributed by atoms with van der Waals surface area (Å²) in [4.78, 5) is 21.6. The van der Waals surface area contributed by atoms with Crippen molar-refractivity contribution in [3.05, 3.63) is 64.7 Å². The Morgan fingerprint density at radius 1 is 1.15 bits per heavy atom. The number of fused-ring (bicyclic) bond motifs is 1. The van der Waals surface area contributed by atoms with Gasteiger partial charge in [0.2, 0.25) is 5.91 Å². The highest BCUT2D eigenvalue weighted by Crippen LogP contribution is 2.44. The molecule has 0 N–H and O–H groups in total. The Bertz CT molecular complexity index is 848. The number of aromatic nitrogens is 1. The van der Waals surface area contributed by atoms with E-state index in [1.54, 1.807) is 12.1 Å². The van der Waals surface area contributed by atoms with Crippen molar-refractivity contribution in [2.45, 2.75) is 26.3 Å². The second kappa shape index (κ2) is 7.04. The molecule has 2 aromatic rings. The number of carbonyl (C=O) groups excluding carboxylic acids is 1. The maximum atomic E-state index is 13.7. The summed E-state index contributed by atoms with van der Waals surface area (Å²) in [7, 11) is 2.10. The third kappa shape index (κ3) is 3.61. The zero-order valence-electron chi connectivity index (χ0n) is 16.2. The Morgan fingerprint density at radius 3 is 2.59 bits per heavy atom. The Balaban J connectivity index is 1.48. The van der Waals surface area contributed by atoms with Gasteiger partial charge >= 0.3 is 0 Å². The molecule has 4 rings (SSSR count). The topological polar surface area (TPSA) is 36.4 Å². The van der Waals surface area contributed by atoms with Crippen LogP contribution in [0.3, 0.4) is 0 Å². The monoisotopic (exact) mass is 367 g/mol. The van der Waals surface area contributed by atoms with Crippen LogP contribution in [0.2, 0.25) is 0 Å². The van der Waals surface area contributed by atoms with Gasteiger partial charge in [-0.1, -0.05) is 12.1 Å². The molecule has 4 nitrogen and oxygen atoms in total. The molecule has 0 bridgehead atoms. The van der Waals surface area contributed by atoms with Crippen LogP contribution in [-0.4, -0.2) is 47.4 Å². The second-order valence-electron chi connectivity index (χ2n) is 8.10. The average Bonchev–Trinajstić information content (AvgIpc) is 3.10. The zero-order valence-corrected chi connectivity index (χ0v) is 16.2. The minimum absolute atomic E-state index is 0.175. The van der Waals surface area contributed by atoms with Gasteiger partial charge in [-0.3, -0.25) is 14.7 Å².